The lowest BCUT2D eigenvalue weighted by molar-refractivity contribution is 0.102. The average molecular weight is 465 g/mol. The summed E-state index contributed by atoms with van der Waals surface area (Å²) < 4.78 is 33.8. The molecule has 0 aromatic heterocycles. The molecule has 1 heterocycles. The van der Waals surface area contributed by atoms with Crippen LogP contribution in [0.3, 0.4) is 0 Å². The van der Waals surface area contributed by atoms with E-state index in [0.29, 0.717) is 22.7 Å². The van der Waals surface area contributed by atoms with Crippen molar-refractivity contribution in [3.8, 4) is 5.75 Å². The molecule has 3 aromatic carbocycles. The molecule has 0 saturated heterocycles. The molecule has 172 valence electrons. The van der Waals surface area contributed by atoms with Crippen molar-refractivity contribution in [2.75, 3.05) is 16.2 Å². The van der Waals surface area contributed by atoms with Crippen molar-refractivity contribution in [2.45, 2.75) is 44.1 Å². The Hall–Kier alpha value is -3.32. The monoisotopic (exact) mass is 464 g/mol. The van der Waals surface area contributed by atoms with Crippen molar-refractivity contribution in [3.05, 3.63) is 83.9 Å². The van der Waals surface area contributed by atoms with Gasteiger partial charge in [0.2, 0.25) is 0 Å². The Balaban J connectivity index is 1.52. The van der Waals surface area contributed by atoms with Crippen LogP contribution in [-0.4, -0.2) is 27.0 Å². The zero-order chi connectivity index (χ0) is 23.8. The first kappa shape index (κ1) is 22.9. The highest BCUT2D eigenvalue weighted by atomic mass is 32.2. The Morgan fingerprint density at radius 3 is 2.24 bits per heavy atom. The smallest absolute Gasteiger partial charge is 0.264 e. The third-order valence-electron chi connectivity index (χ3n) is 5.60. The van der Waals surface area contributed by atoms with E-state index in [1.54, 1.807) is 42.5 Å². The number of amides is 1. The van der Waals surface area contributed by atoms with Gasteiger partial charge in [-0.05, 0) is 66.4 Å². The van der Waals surface area contributed by atoms with Gasteiger partial charge in [-0.15, -0.1) is 0 Å². The molecule has 1 aliphatic rings. The number of carbonyl (C=O) groups excluding carboxylic acids is 1. The molecular formula is C26H28N2O4S. The number of hydrogen-bond donors (Lipinski definition) is 1. The molecule has 33 heavy (non-hydrogen) atoms. The molecule has 6 nitrogen and oxygen atoms in total. The quantitative estimate of drug-likeness (QED) is 0.575. The number of sulfonamides is 1. The largest absolute Gasteiger partial charge is 0.487 e. The van der Waals surface area contributed by atoms with Gasteiger partial charge in [-0.25, -0.2) is 8.42 Å². The normalized spacial score (nSPS) is 16.0. The van der Waals surface area contributed by atoms with E-state index in [2.05, 4.69) is 26.1 Å². The molecule has 0 unspecified atom stereocenters. The van der Waals surface area contributed by atoms with Gasteiger partial charge in [-0.3, -0.25) is 9.10 Å². The number of hydrogen-bond acceptors (Lipinski definition) is 4. The van der Waals surface area contributed by atoms with Gasteiger partial charge in [0.1, 0.15) is 11.9 Å². The Labute approximate surface area is 195 Å². The molecular weight excluding hydrogens is 436 g/mol. The van der Waals surface area contributed by atoms with Gasteiger partial charge < -0.3 is 10.1 Å². The molecule has 1 amide bonds. The van der Waals surface area contributed by atoms with Gasteiger partial charge in [0, 0.05) is 11.3 Å². The van der Waals surface area contributed by atoms with Gasteiger partial charge >= 0.3 is 0 Å². The van der Waals surface area contributed by atoms with Crippen molar-refractivity contribution in [1.82, 2.24) is 0 Å². The fourth-order valence-electron chi connectivity index (χ4n) is 3.74. The maximum absolute atomic E-state index is 13.3. The van der Waals surface area contributed by atoms with Crippen LogP contribution in [0.25, 0.3) is 0 Å². The highest BCUT2D eigenvalue weighted by Gasteiger charge is 2.32. The van der Waals surface area contributed by atoms with E-state index in [9.17, 15) is 13.2 Å². The standard InChI is InChI=1S/C26H28N2O4S/c1-18-17-28(23-7-5-6-8-24(23)32-18)33(30,31)22-15-13-21(14-16-22)27-25(29)19-9-11-20(12-10-19)26(2,3)4/h5-16,18H,17H2,1-4H3,(H,27,29)/t18-/m0/s1. The van der Waals surface area contributed by atoms with Gasteiger partial charge in [0.05, 0.1) is 17.1 Å². The van der Waals surface area contributed by atoms with E-state index >= 15 is 0 Å². The van der Waals surface area contributed by atoms with Crippen LogP contribution < -0.4 is 14.4 Å². The molecule has 4 rings (SSSR count). The van der Waals surface area contributed by atoms with Crippen molar-refractivity contribution < 1.29 is 17.9 Å². The molecule has 7 heteroatoms. The zero-order valence-corrected chi connectivity index (χ0v) is 20.0. The van der Waals surface area contributed by atoms with Crippen LogP contribution in [0, 0.1) is 0 Å². The summed E-state index contributed by atoms with van der Waals surface area (Å²) in [4.78, 5) is 12.8. The predicted molar refractivity (Wildman–Crippen MR) is 131 cm³/mol. The first-order valence-corrected chi connectivity index (χ1v) is 12.3. The number of para-hydroxylation sites is 2. The fourth-order valence-corrected chi connectivity index (χ4v) is 5.29. The number of fused-ring (bicyclic) bond motifs is 1. The topological polar surface area (TPSA) is 75.7 Å². The first-order chi connectivity index (χ1) is 15.6. The summed E-state index contributed by atoms with van der Waals surface area (Å²) in [6.07, 6.45) is -0.266. The summed E-state index contributed by atoms with van der Waals surface area (Å²) in [5.41, 5.74) is 2.74. The SMILES string of the molecule is C[C@H]1CN(S(=O)(=O)c2ccc(NC(=O)c3ccc(C(C)(C)C)cc3)cc2)c2ccccc2O1. The van der Waals surface area contributed by atoms with Gasteiger partial charge in [-0.1, -0.05) is 45.0 Å². The summed E-state index contributed by atoms with van der Waals surface area (Å²) in [7, 11) is -3.78. The Morgan fingerprint density at radius 2 is 1.61 bits per heavy atom. The third-order valence-corrected chi connectivity index (χ3v) is 7.39. The van der Waals surface area contributed by atoms with Crippen LogP contribution >= 0.6 is 0 Å². The van der Waals surface area contributed by atoms with Crippen LogP contribution in [0.4, 0.5) is 11.4 Å². The molecule has 3 aromatic rings. The van der Waals surface area contributed by atoms with Crippen molar-refractivity contribution in [2.24, 2.45) is 0 Å². The van der Waals surface area contributed by atoms with E-state index in [1.807, 2.05) is 25.1 Å². The highest BCUT2D eigenvalue weighted by Crippen LogP contribution is 2.36. The second kappa shape index (κ2) is 8.56. The van der Waals surface area contributed by atoms with E-state index in [-0.39, 0.29) is 28.9 Å². The number of nitrogens with one attached hydrogen (secondary N) is 1. The third kappa shape index (κ3) is 4.73. The van der Waals surface area contributed by atoms with Crippen molar-refractivity contribution >= 4 is 27.3 Å². The minimum Gasteiger partial charge on any atom is -0.487 e. The number of rotatable bonds is 4. The van der Waals surface area contributed by atoms with Gasteiger partial charge in [0.25, 0.3) is 15.9 Å². The summed E-state index contributed by atoms with van der Waals surface area (Å²) in [5, 5.41) is 2.83. The summed E-state index contributed by atoms with van der Waals surface area (Å²) in [5.74, 6) is 0.295. The van der Waals surface area contributed by atoms with E-state index in [4.69, 9.17) is 4.74 Å². The van der Waals surface area contributed by atoms with Crippen molar-refractivity contribution in [3.63, 3.8) is 0 Å². The van der Waals surface area contributed by atoms with Crippen LogP contribution in [0.2, 0.25) is 0 Å². The van der Waals surface area contributed by atoms with Crippen LogP contribution in [0.1, 0.15) is 43.6 Å². The lowest BCUT2D eigenvalue weighted by atomic mass is 9.87. The molecule has 0 fully saturated rings. The second-order valence-corrected chi connectivity index (χ2v) is 11.1. The Bertz CT molecular complexity index is 1260. The van der Waals surface area contributed by atoms with Gasteiger partial charge in [-0.2, -0.15) is 0 Å². The highest BCUT2D eigenvalue weighted by molar-refractivity contribution is 7.92. The maximum Gasteiger partial charge on any atom is 0.264 e. The fraction of sp³-hybridized carbons (Fsp3) is 0.269. The molecule has 1 aliphatic heterocycles. The molecule has 0 spiro atoms. The summed E-state index contributed by atoms with van der Waals surface area (Å²) >= 11 is 0. The first-order valence-electron chi connectivity index (χ1n) is 10.9. The second-order valence-electron chi connectivity index (χ2n) is 9.24. The average Bonchev–Trinajstić information content (AvgIpc) is 2.78. The molecule has 0 bridgehead atoms. The van der Waals surface area contributed by atoms with E-state index < -0.39 is 10.0 Å². The lowest BCUT2D eigenvalue weighted by Gasteiger charge is -2.34. The minimum absolute atomic E-state index is 0.00905. The molecule has 0 radical (unpaired) electrons. The minimum atomic E-state index is -3.78. The van der Waals surface area contributed by atoms with Crippen LogP contribution in [0.5, 0.6) is 5.75 Å². The summed E-state index contributed by atoms with van der Waals surface area (Å²) in [6.45, 7) is 8.42. The molecule has 0 saturated carbocycles. The van der Waals surface area contributed by atoms with Gasteiger partial charge in [0.15, 0.2) is 0 Å². The van der Waals surface area contributed by atoms with Crippen LogP contribution in [0.15, 0.2) is 77.7 Å². The predicted octanol–water partition coefficient (Wildman–Crippen LogP) is 5.21. The number of nitrogens with zero attached hydrogens (tertiary/aromatic N) is 1. The number of anilines is 2. The summed E-state index contributed by atoms with van der Waals surface area (Å²) in [6, 6.07) is 20.8. The molecule has 0 aliphatic carbocycles. The Kier molecular flexibility index (Phi) is 5.93. The molecule has 1 atom stereocenters. The van der Waals surface area contributed by atoms with E-state index in [1.165, 1.54) is 16.4 Å². The Morgan fingerprint density at radius 1 is 0.970 bits per heavy atom. The number of ether oxygens (including phenoxy) is 1. The van der Waals surface area contributed by atoms with E-state index in [0.717, 1.165) is 5.56 Å². The molecule has 1 N–H and O–H groups in total. The van der Waals surface area contributed by atoms with Crippen molar-refractivity contribution in [1.29, 1.82) is 0 Å². The number of benzene rings is 3. The maximum atomic E-state index is 13.3. The zero-order valence-electron chi connectivity index (χ0n) is 19.2. The van der Waals surface area contributed by atoms with Crippen LogP contribution in [-0.2, 0) is 15.4 Å². The number of carbonyl (C=O) groups is 1. The lowest BCUT2D eigenvalue weighted by Crippen LogP contribution is -2.42.